The second kappa shape index (κ2) is 44.8. The quantitative estimate of drug-likeness (QED) is 0.0266. The van der Waals surface area contributed by atoms with E-state index >= 15 is 0 Å². The predicted molar refractivity (Wildman–Crippen MR) is 238 cm³/mol. The molecule has 0 aromatic heterocycles. The van der Waals surface area contributed by atoms with Crippen molar-refractivity contribution in [3.63, 3.8) is 0 Å². The molecule has 0 radical (unpaired) electrons. The lowest BCUT2D eigenvalue weighted by Gasteiger charge is -2.18. The molecule has 0 rings (SSSR count). The van der Waals surface area contributed by atoms with Gasteiger partial charge >= 0.3 is 17.9 Å². The summed E-state index contributed by atoms with van der Waals surface area (Å²) >= 11 is 0. The largest absolute Gasteiger partial charge is 0.462 e. The second-order valence-electron chi connectivity index (χ2n) is 15.3. The number of hydrogen-bond donors (Lipinski definition) is 0. The Bertz CT molecular complexity index is 1040. The van der Waals surface area contributed by atoms with Crippen molar-refractivity contribution in [1.29, 1.82) is 0 Å². The first-order valence-corrected chi connectivity index (χ1v) is 23.3. The first kappa shape index (κ1) is 53.1. The van der Waals surface area contributed by atoms with Crippen LogP contribution in [0.4, 0.5) is 0 Å². The first-order chi connectivity index (χ1) is 27.5. The van der Waals surface area contributed by atoms with Crippen molar-refractivity contribution in [1.82, 2.24) is 0 Å². The Morgan fingerprint density at radius 2 is 0.696 bits per heavy atom. The highest BCUT2D eigenvalue weighted by Crippen LogP contribution is 2.14. The molecule has 0 amide bonds. The number of unbranched alkanes of at least 4 members (excludes halogenated alkanes) is 20. The maximum Gasteiger partial charge on any atom is 0.306 e. The van der Waals surface area contributed by atoms with Crippen molar-refractivity contribution < 1.29 is 28.6 Å². The summed E-state index contributed by atoms with van der Waals surface area (Å²) < 4.78 is 16.5. The van der Waals surface area contributed by atoms with Gasteiger partial charge in [-0.3, -0.25) is 14.4 Å². The maximum absolute atomic E-state index is 12.5. The lowest BCUT2D eigenvalue weighted by molar-refractivity contribution is -0.167. The molecule has 0 aromatic rings. The number of rotatable bonds is 41. The number of allylic oxidation sites excluding steroid dienone is 10. The van der Waals surface area contributed by atoms with E-state index < -0.39 is 6.10 Å². The molecule has 0 spiro atoms. The summed E-state index contributed by atoms with van der Waals surface area (Å²) in [5.41, 5.74) is 0. The van der Waals surface area contributed by atoms with Gasteiger partial charge in [0.05, 0.1) is 0 Å². The van der Waals surface area contributed by atoms with Crippen molar-refractivity contribution in [2.75, 3.05) is 13.2 Å². The Balaban J connectivity index is 3.94. The number of carbonyl (C=O) groups excluding carboxylic acids is 3. The maximum atomic E-state index is 12.5. The van der Waals surface area contributed by atoms with E-state index in [0.717, 1.165) is 96.3 Å². The third-order valence-corrected chi connectivity index (χ3v) is 9.79. The van der Waals surface area contributed by atoms with Gasteiger partial charge < -0.3 is 14.2 Å². The van der Waals surface area contributed by atoms with Crippen molar-refractivity contribution in [2.45, 2.75) is 226 Å². The minimum atomic E-state index is -0.764. The highest BCUT2D eigenvalue weighted by molar-refractivity contribution is 5.71. The summed E-state index contributed by atoms with van der Waals surface area (Å²) in [6, 6.07) is 0. The van der Waals surface area contributed by atoms with Crippen molar-refractivity contribution >= 4 is 17.9 Å². The van der Waals surface area contributed by atoms with Crippen LogP contribution in [0.3, 0.4) is 0 Å². The van der Waals surface area contributed by atoms with Gasteiger partial charge in [-0.25, -0.2) is 0 Å². The average Bonchev–Trinajstić information content (AvgIpc) is 3.19. The van der Waals surface area contributed by atoms with Crippen molar-refractivity contribution in [3.05, 3.63) is 60.8 Å². The van der Waals surface area contributed by atoms with Gasteiger partial charge in [0, 0.05) is 19.3 Å². The molecule has 0 fully saturated rings. The summed E-state index contributed by atoms with van der Waals surface area (Å²) in [4.78, 5) is 37.2. The third-order valence-electron chi connectivity index (χ3n) is 9.79. The normalized spacial score (nSPS) is 12.6. The Morgan fingerprint density at radius 1 is 0.375 bits per heavy atom. The van der Waals surface area contributed by atoms with Gasteiger partial charge in [0.25, 0.3) is 0 Å². The minimum absolute atomic E-state index is 0.0750. The van der Waals surface area contributed by atoms with Crippen LogP contribution in [-0.2, 0) is 28.6 Å². The van der Waals surface area contributed by atoms with Crippen LogP contribution in [0.5, 0.6) is 0 Å². The van der Waals surface area contributed by atoms with E-state index in [0.29, 0.717) is 19.3 Å². The number of hydrogen-bond acceptors (Lipinski definition) is 6. The van der Waals surface area contributed by atoms with E-state index in [1.807, 2.05) is 0 Å². The highest BCUT2D eigenvalue weighted by Gasteiger charge is 2.19. The highest BCUT2D eigenvalue weighted by atomic mass is 16.6. The molecule has 0 aliphatic rings. The molecule has 0 N–H and O–H groups in total. The Hall–Kier alpha value is -2.89. The Morgan fingerprint density at radius 3 is 1.09 bits per heavy atom. The molecule has 0 saturated carbocycles. The third kappa shape index (κ3) is 42.3. The molecule has 0 heterocycles. The van der Waals surface area contributed by atoms with Gasteiger partial charge in [-0.05, 0) is 64.2 Å². The lowest BCUT2D eigenvalue weighted by atomic mass is 10.0. The molecule has 0 aromatic carbocycles. The average molecular weight is 783 g/mol. The van der Waals surface area contributed by atoms with Gasteiger partial charge in [0.2, 0.25) is 0 Å². The Kier molecular flexibility index (Phi) is 42.5. The molecule has 6 heteroatoms. The Labute approximate surface area is 345 Å². The smallest absolute Gasteiger partial charge is 0.306 e. The van der Waals surface area contributed by atoms with Gasteiger partial charge in [0.15, 0.2) is 6.10 Å². The molecule has 6 nitrogen and oxygen atoms in total. The molecule has 322 valence electrons. The van der Waals surface area contributed by atoms with Crippen LogP contribution in [0, 0.1) is 0 Å². The second-order valence-corrected chi connectivity index (χ2v) is 15.3. The van der Waals surface area contributed by atoms with Crippen LogP contribution in [0.1, 0.15) is 220 Å². The standard InChI is InChI=1S/C50H86O6/c1-4-7-10-13-15-16-17-18-19-20-21-22-23-24-25-26-27-28-29-30-31-32-33-34-35-38-40-43-49(52)55-46-47(45-54-48(51)42-39-36-12-9-6-3)56-50(53)44-41-37-14-11-8-5-2/h7,10,15-16,18-19,21-22,24-25,47H,4-6,8-9,11-14,17,20,23,26-46H2,1-3H3/b10-7-,16-15-,19-18-,22-21-,25-24-. The van der Waals surface area contributed by atoms with Gasteiger partial charge in [0.1, 0.15) is 13.2 Å². The van der Waals surface area contributed by atoms with Crippen LogP contribution in [0.25, 0.3) is 0 Å². The molecule has 0 aliphatic carbocycles. The topological polar surface area (TPSA) is 78.9 Å². The SMILES string of the molecule is CC/C=C\C/C=C\C/C=C\C/C=C\C/C=C\CCCCCCCCCCCCCC(=O)OCC(COC(=O)CCCCCCC)OC(=O)CCCCCCCC. The zero-order chi connectivity index (χ0) is 40.8. The molecule has 0 aliphatic heterocycles. The zero-order valence-electron chi connectivity index (χ0n) is 36.6. The van der Waals surface area contributed by atoms with Gasteiger partial charge in [-0.1, -0.05) is 197 Å². The number of ether oxygens (including phenoxy) is 3. The van der Waals surface area contributed by atoms with Crippen LogP contribution in [0.15, 0.2) is 60.8 Å². The molecule has 1 atom stereocenters. The molecular weight excluding hydrogens is 697 g/mol. The van der Waals surface area contributed by atoms with Gasteiger partial charge in [-0.15, -0.1) is 0 Å². The predicted octanol–water partition coefficient (Wildman–Crippen LogP) is 14.9. The molecular formula is C50H86O6. The number of carbonyl (C=O) groups is 3. The molecule has 0 bridgehead atoms. The fourth-order valence-electron chi connectivity index (χ4n) is 6.29. The lowest BCUT2D eigenvalue weighted by Crippen LogP contribution is -2.30. The van der Waals surface area contributed by atoms with E-state index in [2.05, 4.69) is 81.5 Å². The van der Waals surface area contributed by atoms with E-state index in [9.17, 15) is 14.4 Å². The summed E-state index contributed by atoms with van der Waals surface area (Å²) in [6.45, 7) is 6.36. The van der Waals surface area contributed by atoms with Crippen LogP contribution < -0.4 is 0 Å². The van der Waals surface area contributed by atoms with E-state index in [1.165, 1.54) is 83.5 Å². The summed E-state index contributed by atoms with van der Waals surface area (Å²) in [7, 11) is 0. The summed E-state index contributed by atoms with van der Waals surface area (Å²) in [5, 5.41) is 0. The van der Waals surface area contributed by atoms with E-state index in [4.69, 9.17) is 14.2 Å². The van der Waals surface area contributed by atoms with Crippen molar-refractivity contribution in [3.8, 4) is 0 Å². The summed E-state index contributed by atoms with van der Waals surface area (Å²) in [5.74, 6) is -0.905. The van der Waals surface area contributed by atoms with E-state index in [-0.39, 0.29) is 31.1 Å². The molecule has 0 saturated heterocycles. The van der Waals surface area contributed by atoms with Crippen LogP contribution in [-0.4, -0.2) is 37.2 Å². The summed E-state index contributed by atoms with van der Waals surface area (Å²) in [6.07, 6.45) is 54.2. The monoisotopic (exact) mass is 783 g/mol. The van der Waals surface area contributed by atoms with Gasteiger partial charge in [-0.2, -0.15) is 0 Å². The first-order valence-electron chi connectivity index (χ1n) is 23.3. The molecule has 56 heavy (non-hydrogen) atoms. The minimum Gasteiger partial charge on any atom is -0.462 e. The van der Waals surface area contributed by atoms with Crippen LogP contribution >= 0.6 is 0 Å². The van der Waals surface area contributed by atoms with E-state index in [1.54, 1.807) is 0 Å². The fourth-order valence-corrected chi connectivity index (χ4v) is 6.29. The van der Waals surface area contributed by atoms with Crippen molar-refractivity contribution in [2.24, 2.45) is 0 Å². The molecule has 1 unspecified atom stereocenters. The van der Waals surface area contributed by atoms with Crippen LogP contribution in [0.2, 0.25) is 0 Å². The number of esters is 3. The fraction of sp³-hybridized carbons (Fsp3) is 0.740. The zero-order valence-corrected chi connectivity index (χ0v) is 36.6.